The maximum Gasteiger partial charge on any atom is 0.159 e. The Hall–Kier alpha value is -6.72. The van der Waals surface area contributed by atoms with Crippen molar-refractivity contribution in [2.75, 3.05) is 4.90 Å². The summed E-state index contributed by atoms with van der Waals surface area (Å²) in [6.07, 6.45) is 5.69. The summed E-state index contributed by atoms with van der Waals surface area (Å²) in [4.78, 5) is 11.7. The van der Waals surface area contributed by atoms with E-state index in [1.54, 1.807) is 0 Å². The number of hydrogen-bond acceptors (Lipinski definition) is 4. The summed E-state index contributed by atoms with van der Waals surface area (Å²) < 4.78 is 8.83. The summed E-state index contributed by atoms with van der Waals surface area (Å²) in [5, 5.41) is 6.88. The molecule has 5 nitrogen and oxygen atoms in total. The third-order valence-corrected chi connectivity index (χ3v) is 9.51. The lowest BCUT2D eigenvalue weighted by molar-refractivity contribution is 0.669. The first-order valence-corrected chi connectivity index (χ1v) is 16.4. The van der Waals surface area contributed by atoms with Gasteiger partial charge in [-0.05, 0) is 66.0 Å². The Bertz CT molecular complexity index is 2830. The second-order valence-electron chi connectivity index (χ2n) is 12.3. The summed E-state index contributed by atoms with van der Waals surface area (Å²) in [7, 11) is 0. The first-order chi connectivity index (χ1) is 24.3. The SMILES string of the molecule is c1cncc(-n2c3ccccc3c3cc(-c4ccc(N(c5cccc6ccccc56)c5cccc6c5oc5ccccc56)cn4)ccc32)c1. The lowest BCUT2D eigenvalue weighted by Gasteiger charge is -2.26. The fourth-order valence-electron chi connectivity index (χ4n) is 7.31. The highest BCUT2D eigenvalue weighted by molar-refractivity contribution is 6.12. The van der Waals surface area contributed by atoms with Gasteiger partial charge in [0.15, 0.2) is 5.58 Å². The minimum Gasteiger partial charge on any atom is -0.454 e. The monoisotopic (exact) mass is 628 g/mol. The second kappa shape index (κ2) is 10.9. The summed E-state index contributed by atoms with van der Waals surface area (Å²) in [6.45, 7) is 0. The maximum absolute atomic E-state index is 6.55. The highest BCUT2D eigenvalue weighted by Gasteiger charge is 2.21. The minimum atomic E-state index is 0.844. The van der Waals surface area contributed by atoms with Crippen molar-refractivity contribution in [3.8, 4) is 16.9 Å². The summed E-state index contributed by atoms with van der Waals surface area (Å²) in [6, 6.07) is 53.0. The summed E-state index contributed by atoms with van der Waals surface area (Å²) in [5.74, 6) is 0. The normalized spacial score (nSPS) is 11.7. The van der Waals surface area contributed by atoms with Gasteiger partial charge < -0.3 is 13.9 Å². The molecular formula is C44H28N4O. The number of rotatable bonds is 5. The van der Waals surface area contributed by atoms with Crippen LogP contribution in [0.25, 0.3) is 71.5 Å². The van der Waals surface area contributed by atoms with Crippen molar-refractivity contribution in [2.45, 2.75) is 0 Å². The molecule has 230 valence electrons. The molecule has 10 aromatic rings. The molecule has 0 fully saturated rings. The van der Waals surface area contributed by atoms with E-state index in [-0.39, 0.29) is 0 Å². The highest BCUT2D eigenvalue weighted by atomic mass is 16.3. The first kappa shape index (κ1) is 27.4. The van der Waals surface area contributed by atoms with Crippen molar-refractivity contribution in [3.05, 3.63) is 170 Å². The fourth-order valence-corrected chi connectivity index (χ4v) is 7.31. The van der Waals surface area contributed by atoms with Crippen molar-refractivity contribution in [2.24, 2.45) is 0 Å². The van der Waals surface area contributed by atoms with Crippen LogP contribution in [0.2, 0.25) is 0 Å². The van der Waals surface area contributed by atoms with Crippen molar-refractivity contribution in [1.82, 2.24) is 14.5 Å². The molecule has 0 spiro atoms. The van der Waals surface area contributed by atoms with Crippen molar-refractivity contribution in [1.29, 1.82) is 0 Å². The number of aromatic nitrogens is 3. The molecule has 0 unspecified atom stereocenters. The minimum absolute atomic E-state index is 0.844. The zero-order chi connectivity index (χ0) is 32.3. The molecule has 4 aromatic heterocycles. The van der Waals surface area contributed by atoms with Crippen LogP contribution in [0.4, 0.5) is 17.1 Å². The van der Waals surface area contributed by atoms with Crippen molar-refractivity contribution >= 4 is 71.6 Å². The van der Waals surface area contributed by atoms with Crippen LogP contribution < -0.4 is 4.90 Å². The molecule has 0 aliphatic heterocycles. The van der Waals surface area contributed by atoms with E-state index in [1.807, 2.05) is 36.8 Å². The van der Waals surface area contributed by atoms with Crippen LogP contribution in [0, 0.1) is 0 Å². The number of para-hydroxylation sites is 3. The van der Waals surface area contributed by atoms with E-state index in [0.29, 0.717) is 0 Å². The van der Waals surface area contributed by atoms with Gasteiger partial charge in [-0.1, -0.05) is 91.0 Å². The van der Waals surface area contributed by atoms with Gasteiger partial charge in [-0.25, -0.2) is 0 Å². The zero-order valence-electron chi connectivity index (χ0n) is 26.4. The molecule has 0 saturated carbocycles. The molecule has 0 amide bonds. The van der Waals surface area contributed by atoms with Crippen LogP contribution in [-0.4, -0.2) is 14.5 Å². The Morgan fingerprint density at radius 2 is 1.29 bits per heavy atom. The first-order valence-electron chi connectivity index (χ1n) is 16.4. The summed E-state index contributed by atoms with van der Waals surface area (Å²) in [5.41, 5.74) is 9.97. The fraction of sp³-hybridized carbons (Fsp3) is 0. The van der Waals surface area contributed by atoms with Crippen LogP contribution in [-0.2, 0) is 0 Å². The average Bonchev–Trinajstić information content (AvgIpc) is 3.72. The number of anilines is 3. The predicted molar refractivity (Wildman–Crippen MR) is 201 cm³/mol. The van der Waals surface area contributed by atoms with Gasteiger partial charge in [-0.15, -0.1) is 0 Å². The Labute approximate surface area is 281 Å². The van der Waals surface area contributed by atoms with Gasteiger partial charge in [0.05, 0.1) is 51.9 Å². The molecule has 5 heteroatoms. The van der Waals surface area contributed by atoms with E-state index < -0.39 is 0 Å². The number of furan rings is 1. The van der Waals surface area contributed by atoms with Gasteiger partial charge >= 0.3 is 0 Å². The van der Waals surface area contributed by atoms with Gasteiger partial charge in [0.1, 0.15) is 5.58 Å². The Balaban J connectivity index is 1.14. The van der Waals surface area contributed by atoms with Crippen molar-refractivity contribution in [3.63, 3.8) is 0 Å². The second-order valence-corrected chi connectivity index (χ2v) is 12.3. The molecule has 0 N–H and O–H groups in total. The van der Waals surface area contributed by atoms with Crippen molar-refractivity contribution < 1.29 is 4.42 Å². The molecule has 10 rings (SSSR count). The molecule has 0 aliphatic carbocycles. The molecule has 6 aromatic carbocycles. The van der Waals surface area contributed by atoms with E-state index in [4.69, 9.17) is 9.40 Å². The summed E-state index contributed by atoms with van der Waals surface area (Å²) >= 11 is 0. The average molecular weight is 629 g/mol. The van der Waals surface area contributed by atoms with Crippen LogP contribution in [0.1, 0.15) is 0 Å². The highest BCUT2D eigenvalue weighted by Crippen LogP contribution is 2.44. The van der Waals surface area contributed by atoms with Gasteiger partial charge in [0, 0.05) is 38.7 Å². The van der Waals surface area contributed by atoms with Gasteiger partial charge in [-0.2, -0.15) is 0 Å². The van der Waals surface area contributed by atoms with E-state index >= 15 is 0 Å². The van der Waals surface area contributed by atoms with Gasteiger partial charge in [-0.3, -0.25) is 9.97 Å². The number of benzene rings is 6. The molecule has 0 saturated heterocycles. The molecular weight excluding hydrogens is 601 g/mol. The maximum atomic E-state index is 6.55. The lowest BCUT2D eigenvalue weighted by Crippen LogP contribution is -2.11. The third-order valence-electron chi connectivity index (χ3n) is 9.51. The Morgan fingerprint density at radius 3 is 2.16 bits per heavy atom. The number of pyridine rings is 2. The van der Waals surface area contributed by atoms with Crippen LogP contribution in [0.15, 0.2) is 175 Å². The number of fused-ring (bicyclic) bond motifs is 7. The molecule has 0 atom stereocenters. The molecule has 49 heavy (non-hydrogen) atoms. The molecule has 4 heterocycles. The van der Waals surface area contributed by atoms with Crippen LogP contribution >= 0.6 is 0 Å². The van der Waals surface area contributed by atoms with E-state index in [1.165, 1.54) is 16.2 Å². The van der Waals surface area contributed by atoms with Gasteiger partial charge in [0.2, 0.25) is 0 Å². The number of nitrogens with zero attached hydrogens (tertiary/aromatic N) is 4. The topological polar surface area (TPSA) is 47.1 Å². The quantitative estimate of drug-likeness (QED) is 0.190. The number of hydrogen-bond donors (Lipinski definition) is 0. The molecule has 0 aliphatic rings. The molecule has 0 bridgehead atoms. The largest absolute Gasteiger partial charge is 0.454 e. The predicted octanol–water partition coefficient (Wildman–Crippen LogP) is 11.8. The third kappa shape index (κ3) is 4.33. The van der Waals surface area contributed by atoms with Crippen LogP contribution in [0.3, 0.4) is 0 Å². The van der Waals surface area contributed by atoms with Crippen LogP contribution in [0.5, 0.6) is 0 Å². The zero-order valence-corrected chi connectivity index (χ0v) is 26.4. The Kier molecular flexibility index (Phi) is 6.11. The Morgan fingerprint density at radius 1 is 0.531 bits per heavy atom. The molecule has 0 radical (unpaired) electrons. The standard InChI is InChI=1S/C44H28N4O/c1-2-13-33-29(10-1)11-7-18-39(33)48(42-19-8-16-36-35-15-4-6-20-43(35)49-44(36)42)32-22-23-38(46-28-32)30-21-24-41-37(26-30)34-14-3-5-17-40(34)47(41)31-12-9-25-45-27-31/h1-28H. The van der Waals surface area contributed by atoms with Gasteiger partial charge in [0.25, 0.3) is 0 Å². The van der Waals surface area contributed by atoms with E-state index in [2.05, 4.69) is 148 Å². The van der Waals surface area contributed by atoms with E-state index in [9.17, 15) is 0 Å². The van der Waals surface area contributed by atoms with E-state index in [0.717, 1.165) is 72.4 Å². The lowest BCUT2D eigenvalue weighted by atomic mass is 10.0. The smallest absolute Gasteiger partial charge is 0.159 e.